The summed E-state index contributed by atoms with van der Waals surface area (Å²) < 4.78 is 5.53. The molecular weight excluding hydrogens is 294 g/mol. The summed E-state index contributed by atoms with van der Waals surface area (Å²) in [4.78, 5) is 33.9. The van der Waals surface area contributed by atoms with Crippen LogP contribution in [-0.4, -0.2) is 24.1 Å². The van der Waals surface area contributed by atoms with E-state index in [4.69, 9.17) is 4.74 Å². The molecule has 1 N–H and O–H groups in total. The Morgan fingerprint density at radius 1 is 1.04 bits per heavy atom. The molecule has 0 aliphatic heterocycles. The fourth-order valence-electron chi connectivity index (χ4n) is 1.91. The molecular formula is C18H17NO4. The number of benzene rings is 2. The van der Waals surface area contributed by atoms with Gasteiger partial charge in [-0.15, -0.1) is 0 Å². The van der Waals surface area contributed by atoms with Crippen molar-refractivity contribution in [2.75, 3.05) is 5.32 Å². The molecule has 2 rings (SSSR count). The predicted molar refractivity (Wildman–Crippen MR) is 87.0 cm³/mol. The number of carbonyl (C=O) groups is 3. The third-order valence-corrected chi connectivity index (χ3v) is 3.26. The standard InChI is InChI=1S/C18H17NO4/c1-12(21)15-5-7-16(8-6-15)19-18(22)13(2)23-17-9-3-14(11-20)4-10-17/h3-11,13H,1-2H3,(H,19,22). The third-order valence-electron chi connectivity index (χ3n) is 3.26. The summed E-state index contributed by atoms with van der Waals surface area (Å²) in [5.74, 6) is 0.170. The summed E-state index contributed by atoms with van der Waals surface area (Å²) in [6.07, 6.45) is 0.0366. The molecule has 0 saturated heterocycles. The number of anilines is 1. The molecule has 2 aromatic carbocycles. The van der Waals surface area contributed by atoms with E-state index in [0.717, 1.165) is 6.29 Å². The van der Waals surface area contributed by atoms with Gasteiger partial charge in [0.25, 0.3) is 5.91 Å². The van der Waals surface area contributed by atoms with Crippen molar-refractivity contribution in [3.05, 3.63) is 59.7 Å². The van der Waals surface area contributed by atoms with Crippen molar-refractivity contribution in [1.29, 1.82) is 0 Å². The van der Waals surface area contributed by atoms with Crippen molar-refractivity contribution in [2.24, 2.45) is 0 Å². The lowest BCUT2D eigenvalue weighted by molar-refractivity contribution is -0.122. The Labute approximate surface area is 134 Å². The highest BCUT2D eigenvalue weighted by atomic mass is 16.5. The maximum absolute atomic E-state index is 12.1. The van der Waals surface area contributed by atoms with Gasteiger partial charge < -0.3 is 10.1 Å². The first-order valence-electron chi connectivity index (χ1n) is 7.13. The van der Waals surface area contributed by atoms with E-state index in [-0.39, 0.29) is 11.7 Å². The number of Topliss-reactive ketones (excluding diaryl/α,β-unsaturated/α-hetero) is 1. The first-order chi connectivity index (χ1) is 11.0. The highest BCUT2D eigenvalue weighted by Crippen LogP contribution is 2.15. The van der Waals surface area contributed by atoms with E-state index >= 15 is 0 Å². The van der Waals surface area contributed by atoms with E-state index in [0.29, 0.717) is 22.6 Å². The maximum Gasteiger partial charge on any atom is 0.265 e. The van der Waals surface area contributed by atoms with Gasteiger partial charge in [0, 0.05) is 16.8 Å². The molecule has 0 fully saturated rings. The summed E-state index contributed by atoms with van der Waals surface area (Å²) in [6, 6.07) is 13.1. The minimum Gasteiger partial charge on any atom is -0.481 e. The molecule has 0 bridgehead atoms. The molecule has 0 radical (unpaired) electrons. The largest absolute Gasteiger partial charge is 0.481 e. The first kappa shape index (κ1) is 16.4. The summed E-state index contributed by atoms with van der Waals surface area (Å²) in [6.45, 7) is 3.12. The zero-order chi connectivity index (χ0) is 16.8. The fraction of sp³-hybridized carbons (Fsp3) is 0.167. The van der Waals surface area contributed by atoms with Gasteiger partial charge in [-0.3, -0.25) is 14.4 Å². The molecule has 0 saturated carbocycles. The fourth-order valence-corrected chi connectivity index (χ4v) is 1.91. The zero-order valence-corrected chi connectivity index (χ0v) is 12.9. The summed E-state index contributed by atoms with van der Waals surface area (Å²) in [5.41, 5.74) is 1.72. The summed E-state index contributed by atoms with van der Waals surface area (Å²) in [7, 11) is 0. The first-order valence-corrected chi connectivity index (χ1v) is 7.13. The maximum atomic E-state index is 12.1. The molecule has 0 aliphatic carbocycles. The van der Waals surface area contributed by atoms with Crippen LogP contribution in [-0.2, 0) is 4.79 Å². The van der Waals surface area contributed by atoms with Gasteiger partial charge in [-0.2, -0.15) is 0 Å². The van der Waals surface area contributed by atoms with Gasteiger partial charge in [-0.25, -0.2) is 0 Å². The normalized spacial score (nSPS) is 11.4. The van der Waals surface area contributed by atoms with Gasteiger partial charge in [0.1, 0.15) is 12.0 Å². The molecule has 5 heteroatoms. The Morgan fingerprint density at radius 3 is 2.17 bits per heavy atom. The van der Waals surface area contributed by atoms with Crippen LogP contribution in [0.15, 0.2) is 48.5 Å². The summed E-state index contributed by atoms with van der Waals surface area (Å²) >= 11 is 0. The van der Waals surface area contributed by atoms with Crippen molar-refractivity contribution < 1.29 is 19.1 Å². The Kier molecular flexibility index (Phi) is 5.25. The van der Waals surface area contributed by atoms with Crippen molar-refractivity contribution in [1.82, 2.24) is 0 Å². The van der Waals surface area contributed by atoms with Gasteiger partial charge in [0.05, 0.1) is 0 Å². The smallest absolute Gasteiger partial charge is 0.265 e. The number of carbonyl (C=O) groups excluding carboxylic acids is 3. The number of hydrogen-bond donors (Lipinski definition) is 1. The highest BCUT2D eigenvalue weighted by molar-refractivity contribution is 5.96. The molecule has 0 spiro atoms. The van der Waals surface area contributed by atoms with Crippen molar-refractivity contribution in [3.63, 3.8) is 0 Å². The Morgan fingerprint density at radius 2 is 1.65 bits per heavy atom. The minimum atomic E-state index is -0.704. The van der Waals surface area contributed by atoms with E-state index in [1.165, 1.54) is 6.92 Å². The number of ether oxygens (including phenoxy) is 1. The topological polar surface area (TPSA) is 72.5 Å². The van der Waals surface area contributed by atoms with Crippen LogP contribution in [0.25, 0.3) is 0 Å². The molecule has 5 nitrogen and oxygen atoms in total. The van der Waals surface area contributed by atoms with Crippen molar-refractivity contribution >= 4 is 23.7 Å². The number of hydrogen-bond acceptors (Lipinski definition) is 4. The number of aldehydes is 1. The lowest BCUT2D eigenvalue weighted by atomic mass is 10.1. The van der Waals surface area contributed by atoms with E-state index in [1.54, 1.807) is 55.5 Å². The van der Waals surface area contributed by atoms with Gasteiger partial charge >= 0.3 is 0 Å². The number of rotatable bonds is 6. The highest BCUT2D eigenvalue weighted by Gasteiger charge is 2.15. The molecule has 1 atom stereocenters. The second kappa shape index (κ2) is 7.35. The van der Waals surface area contributed by atoms with Gasteiger partial charge in [0.15, 0.2) is 11.9 Å². The Bertz CT molecular complexity index is 705. The molecule has 0 aliphatic rings. The third kappa shape index (κ3) is 4.51. The van der Waals surface area contributed by atoms with Crippen LogP contribution in [0, 0.1) is 0 Å². The van der Waals surface area contributed by atoms with Crippen molar-refractivity contribution in [3.8, 4) is 5.75 Å². The SMILES string of the molecule is CC(=O)c1ccc(NC(=O)C(C)Oc2ccc(C=O)cc2)cc1. The molecule has 23 heavy (non-hydrogen) atoms. The van der Waals surface area contributed by atoms with E-state index in [2.05, 4.69) is 5.32 Å². The van der Waals surface area contributed by atoms with Crippen LogP contribution < -0.4 is 10.1 Å². The second-order valence-electron chi connectivity index (χ2n) is 5.07. The molecule has 0 heterocycles. The van der Waals surface area contributed by atoms with Crippen LogP contribution in [0.2, 0.25) is 0 Å². The van der Waals surface area contributed by atoms with E-state index in [9.17, 15) is 14.4 Å². The molecule has 1 unspecified atom stereocenters. The minimum absolute atomic E-state index is 0.0293. The van der Waals surface area contributed by atoms with Gasteiger partial charge in [-0.05, 0) is 62.4 Å². The summed E-state index contributed by atoms with van der Waals surface area (Å²) in [5, 5.41) is 2.72. The molecule has 118 valence electrons. The van der Waals surface area contributed by atoms with Crippen LogP contribution in [0.5, 0.6) is 5.75 Å². The van der Waals surface area contributed by atoms with Crippen LogP contribution in [0.1, 0.15) is 34.6 Å². The number of amides is 1. The second-order valence-corrected chi connectivity index (χ2v) is 5.07. The number of nitrogens with one attached hydrogen (secondary N) is 1. The van der Waals surface area contributed by atoms with Crippen LogP contribution in [0.4, 0.5) is 5.69 Å². The van der Waals surface area contributed by atoms with Gasteiger partial charge in [0.2, 0.25) is 0 Å². The lowest BCUT2D eigenvalue weighted by Gasteiger charge is -2.15. The Hall–Kier alpha value is -2.95. The lowest BCUT2D eigenvalue weighted by Crippen LogP contribution is -2.30. The Balaban J connectivity index is 1.96. The zero-order valence-electron chi connectivity index (χ0n) is 12.9. The average Bonchev–Trinajstić information content (AvgIpc) is 2.56. The predicted octanol–water partition coefficient (Wildman–Crippen LogP) is 3.11. The van der Waals surface area contributed by atoms with Crippen LogP contribution >= 0.6 is 0 Å². The van der Waals surface area contributed by atoms with E-state index < -0.39 is 6.10 Å². The van der Waals surface area contributed by atoms with Crippen molar-refractivity contribution in [2.45, 2.75) is 20.0 Å². The van der Waals surface area contributed by atoms with Crippen LogP contribution in [0.3, 0.4) is 0 Å². The quantitative estimate of drug-likeness (QED) is 0.657. The number of ketones is 1. The molecule has 2 aromatic rings. The monoisotopic (exact) mass is 311 g/mol. The molecule has 1 amide bonds. The molecule has 0 aromatic heterocycles. The van der Waals surface area contributed by atoms with Gasteiger partial charge in [-0.1, -0.05) is 0 Å². The average molecular weight is 311 g/mol. The van der Waals surface area contributed by atoms with E-state index in [1.807, 2.05) is 0 Å².